The van der Waals surface area contributed by atoms with Gasteiger partial charge in [0.1, 0.15) is 0 Å². The van der Waals surface area contributed by atoms with Gasteiger partial charge in [-0.2, -0.15) is 0 Å². The number of nitrogens with zero attached hydrogens (tertiary/aromatic N) is 1. The molecule has 4 nitrogen and oxygen atoms in total. The van der Waals surface area contributed by atoms with Gasteiger partial charge < -0.3 is 10.2 Å². The molecule has 1 aromatic heterocycles. The lowest BCUT2D eigenvalue weighted by Crippen LogP contribution is -2.41. The van der Waals surface area contributed by atoms with Crippen molar-refractivity contribution in [1.82, 2.24) is 10.2 Å². The van der Waals surface area contributed by atoms with Crippen molar-refractivity contribution in [1.29, 1.82) is 0 Å². The van der Waals surface area contributed by atoms with Gasteiger partial charge in [-0.05, 0) is 42.6 Å². The highest BCUT2D eigenvalue weighted by atomic mass is 35.5. The zero-order valence-corrected chi connectivity index (χ0v) is 15.7. The molecule has 128 valence electrons. The van der Waals surface area contributed by atoms with E-state index in [1.807, 2.05) is 36.6 Å². The van der Waals surface area contributed by atoms with E-state index in [9.17, 15) is 9.59 Å². The fourth-order valence-corrected chi connectivity index (χ4v) is 3.54. The molecule has 0 aliphatic carbocycles. The molecule has 0 saturated heterocycles. The Labute approximate surface area is 155 Å². The number of benzene rings is 1. The molecular weight excluding hydrogens is 364 g/mol. The summed E-state index contributed by atoms with van der Waals surface area (Å²) >= 11 is 8.88. The predicted octanol–water partition coefficient (Wildman–Crippen LogP) is 3.66. The van der Waals surface area contributed by atoms with Gasteiger partial charge in [0.15, 0.2) is 0 Å². The molecule has 0 aliphatic heterocycles. The molecule has 2 amide bonds. The zero-order valence-electron chi connectivity index (χ0n) is 13.3. The first-order chi connectivity index (χ1) is 11.6. The molecule has 0 bridgehead atoms. The predicted molar refractivity (Wildman–Crippen MR) is 101 cm³/mol. The summed E-state index contributed by atoms with van der Waals surface area (Å²) in [6.45, 7) is 2.97. The fraction of sp³-hybridized carbons (Fsp3) is 0.294. The molecule has 0 fully saturated rings. The summed E-state index contributed by atoms with van der Waals surface area (Å²) in [5.74, 6) is 0.104. The van der Waals surface area contributed by atoms with E-state index < -0.39 is 0 Å². The number of thiophene rings is 1. The van der Waals surface area contributed by atoms with E-state index >= 15 is 0 Å². The highest BCUT2D eigenvalue weighted by Crippen LogP contribution is 2.20. The number of likely N-dealkylation sites (N-methyl/N-ethyl adjacent to an activating group) is 1. The van der Waals surface area contributed by atoms with Crippen molar-refractivity contribution < 1.29 is 9.59 Å². The fourth-order valence-electron chi connectivity index (χ4n) is 1.97. The topological polar surface area (TPSA) is 49.4 Å². The first-order valence-corrected chi connectivity index (χ1v) is 9.78. The summed E-state index contributed by atoms with van der Waals surface area (Å²) in [4.78, 5) is 27.9. The minimum atomic E-state index is -0.143. The third kappa shape index (κ3) is 6.19. The molecule has 1 heterocycles. The molecule has 0 spiro atoms. The molecule has 2 aromatic rings. The molecule has 0 unspecified atom stereocenters. The van der Waals surface area contributed by atoms with Gasteiger partial charge in [0.05, 0.1) is 18.8 Å². The maximum Gasteiger partial charge on any atom is 0.239 e. The van der Waals surface area contributed by atoms with Crippen molar-refractivity contribution in [2.24, 2.45) is 0 Å². The number of carbonyl (C=O) groups excluding carboxylic acids is 2. The standard InChI is InChI=1S/C17H19ClN2O2S2/c1-2-20(11-16(21)19-10-15-4-3-9-23-15)17(22)12-24-14-7-5-13(18)6-8-14/h3-9H,2,10-12H2,1H3,(H,19,21). The van der Waals surface area contributed by atoms with Gasteiger partial charge in [-0.3, -0.25) is 9.59 Å². The number of hydrogen-bond acceptors (Lipinski definition) is 4. The highest BCUT2D eigenvalue weighted by Gasteiger charge is 2.15. The van der Waals surface area contributed by atoms with Crippen molar-refractivity contribution in [3.8, 4) is 0 Å². The first kappa shape index (κ1) is 18.8. The summed E-state index contributed by atoms with van der Waals surface area (Å²) in [5.41, 5.74) is 0. The molecule has 0 aliphatic rings. The molecule has 24 heavy (non-hydrogen) atoms. The van der Waals surface area contributed by atoms with Crippen molar-refractivity contribution in [2.75, 3.05) is 18.8 Å². The quantitative estimate of drug-likeness (QED) is 0.709. The second kappa shape index (κ2) is 9.71. The van der Waals surface area contributed by atoms with E-state index in [2.05, 4.69) is 5.32 Å². The van der Waals surface area contributed by atoms with Crippen LogP contribution in [0, 0.1) is 0 Å². The van der Waals surface area contributed by atoms with E-state index in [0.717, 1.165) is 9.77 Å². The Balaban J connectivity index is 1.77. The van der Waals surface area contributed by atoms with Gasteiger partial charge in [0, 0.05) is 21.3 Å². The van der Waals surface area contributed by atoms with Crippen LogP contribution in [0.2, 0.25) is 5.02 Å². The normalized spacial score (nSPS) is 10.4. The maximum atomic E-state index is 12.3. The van der Waals surface area contributed by atoms with Crippen LogP contribution in [0.1, 0.15) is 11.8 Å². The lowest BCUT2D eigenvalue weighted by atomic mass is 10.4. The average molecular weight is 383 g/mol. The van der Waals surface area contributed by atoms with Gasteiger partial charge in [0.25, 0.3) is 0 Å². The Hall–Kier alpha value is -1.50. The van der Waals surface area contributed by atoms with Gasteiger partial charge >= 0.3 is 0 Å². The Morgan fingerprint density at radius 2 is 2.00 bits per heavy atom. The zero-order chi connectivity index (χ0) is 17.4. The number of nitrogens with one attached hydrogen (secondary N) is 1. The van der Waals surface area contributed by atoms with Crippen molar-refractivity contribution in [3.05, 3.63) is 51.7 Å². The number of carbonyl (C=O) groups is 2. The Kier molecular flexibility index (Phi) is 7.62. The molecule has 7 heteroatoms. The minimum absolute atomic E-state index is 0.0521. The Morgan fingerprint density at radius 3 is 2.62 bits per heavy atom. The molecule has 2 rings (SSSR count). The minimum Gasteiger partial charge on any atom is -0.350 e. The third-order valence-corrected chi connectivity index (χ3v) is 5.41. The Morgan fingerprint density at radius 1 is 1.25 bits per heavy atom. The lowest BCUT2D eigenvalue weighted by molar-refractivity contribution is -0.133. The molecular formula is C17H19ClN2O2S2. The van der Waals surface area contributed by atoms with Crippen LogP contribution in [0.4, 0.5) is 0 Å². The molecule has 1 aromatic carbocycles. The second-order valence-corrected chi connectivity index (χ2v) is 7.52. The van der Waals surface area contributed by atoms with Gasteiger partial charge in [0.2, 0.25) is 11.8 Å². The Bertz CT molecular complexity index is 660. The van der Waals surface area contributed by atoms with Crippen LogP contribution in [0.15, 0.2) is 46.7 Å². The van der Waals surface area contributed by atoms with Crippen LogP contribution in [0.25, 0.3) is 0 Å². The van der Waals surface area contributed by atoms with Crippen LogP contribution >= 0.6 is 34.7 Å². The van der Waals surface area contributed by atoms with E-state index in [0.29, 0.717) is 23.9 Å². The third-order valence-electron chi connectivity index (χ3n) is 3.28. The monoisotopic (exact) mass is 382 g/mol. The average Bonchev–Trinajstić information content (AvgIpc) is 3.10. The summed E-state index contributed by atoms with van der Waals surface area (Å²) in [7, 11) is 0. The van der Waals surface area contributed by atoms with E-state index in [4.69, 9.17) is 11.6 Å². The summed E-state index contributed by atoms with van der Waals surface area (Å²) in [6, 6.07) is 11.3. The maximum absolute atomic E-state index is 12.3. The second-order valence-electron chi connectivity index (χ2n) is 5.01. The van der Waals surface area contributed by atoms with Crippen molar-refractivity contribution in [3.63, 3.8) is 0 Å². The van der Waals surface area contributed by atoms with Crippen LogP contribution in [0.3, 0.4) is 0 Å². The van der Waals surface area contributed by atoms with E-state index in [1.54, 1.807) is 28.4 Å². The number of rotatable bonds is 8. The first-order valence-electron chi connectivity index (χ1n) is 7.53. The number of thioether (sulfide) groups is 1. The number of hydrogen-bond donors (Lipinski definition) is 1. The van der Waals surface area contributed by atoms with E-state index in [1.165, 1.54) is 11.8 Å². The van der Waals surface area contributed by atoms with Gasteiger partial charge in [-0.1, -0.05) is 17.7 Å². The molecule has 0 saturated carbocycles. The van der Waals surface area contributed by atoms with Crippen LogP contribution in [-0.2, 0) is 16.1 Å². The van der Waals surface area contributed by atoms with Gasteiger partial charge in [-0.15, -0.1) is 23.1 Å². The number of amides is 2. The summed E-state index contributed by atoms with van der Waals surface area (Å²) < 4.78 is 0. The van der Waals surface area contributed by atoms with Crippen molar-refractivity contribution in [2.45, 2.75) is 18.4 Å². The molecule has 1 N–H and O–H groups in total. The van der Waals surface area contributed by atoms with Crippen molar-refractivity contribution >= 4 is 46.5 Å². The smallest absolute Gasteiger partial charge is 0.239 e. The molecule has 0 radical (unpaired) electrons. The largest absolute Gasteiger partial charge is 0.350 e. The highest BCUT2D eigenvalue weighted by molar-refractivity contribution is 8.00. The SMILES string of the molecule is CCN(CC(=O)NCc1cccs1)C(=O)CSc1ccc(Cl)cc1. The van der Waals surface area contributed by atoms with Crippen LogP contribution in [-0.4, -0.2) is 35.6 Å². The van der Waals surface area contributed by atoms with Crippen LogP contribution < -0.4 is 5.32 Å². The lowest BCUT2D eigenvalue weighted by Gasteiger charge is -2.20. The van der Waals surface area contributed by atoms with E-state index in [-0.39, 0.29) is 18.4 Å². The van der Waals surface area contributed by atoms with Crippen LogP contribution in [0.5, 0.6) is 0 Å². The molecule has 0 atom stereocenters. The van der Waals surface area contributed by atoms with Gasteiger partial charge in [-0.25, -0.2) is 0 Å². The number of halogens is 1. The summed E-state index contributed by atoms with van der Waals surface area (Å²) in [5, 5.41) is 5.48. The summed E-state index contributed by atoms with van der Waals surface area (Å²) in [6.07, 6.45) is 0.